The highest BCUT2D eigenvalue weighted by Gasteiger charge is 2.19. The predicted molar refractivity (Wildman–Crippen MR) is 81.7 cm³/mol. The van der Waals surface area contributed by atoms with Gasteiger partial charge in [0, 0.05) is 18.1 Å². The summed E-state index contributed by atoms with van der Waals surface area (Å²) in [5, 5.41) is 0. The zero-order chi connectivity index (χ0) is 15.0. The van der Waals surface area contributed by atoms with Gasteiger partial charge in [-0.05, 0) is 42.8 Å². The molecule has 0 saturated heterocycles. The lowest BCUT2D eigenvalue weighted by molar-refractivity contribution is 0.594. The molecule has 3 aromatic rings. The van der Waals surface area contributed by atoms with Crippen LogP contribution in [0.4, 0.5) is 5.69 Å². The fraction of sp³-hybridized carbons (Fsp3) is 0.133. The SMILES string of the molecule is Cc1cc(N)ccc1S(=O)(=O)Cc1cn2ccccc2n1. The lowest BCUT2D eigenvalue weighted by atomic mass is 10.2. The van der Waals surface area contributed by atoms with Crippen molar-refractivity contribution in [3.63, 3.8) is 0 Å². The highest BCUT2D eigenvalue weighted by molar-refractivity contribution is 7.90. The highest BCUT2D eigenvalue weighted by atomic mass is 32.2. The molecule has 3 rings (SSSR count). The number of sulfone groups is 1. The van der Waals surface area contributed by atoms with Crippen LogP contribution in [0.3, 0.4) is 0 Å². The summed E-state index contributed by atoms with van der Waals surface area (Å²) in [7, 11) is -3.44. The van der Waals surface area contributed by atoms with E-state index in [1.807, 2.05) is 24.4 Å². The van der Waals surface area contributed by atoms with Crippen LogP contribution in [0.5, 0.6) is 0 Å². The Kier molecular flexibility index (Phi) is 3.17. The Morgan fingerprint density at radius 2 is 2.05 bits per heavy atom. The molecule has 0 amide bonds. The number of nitrogen functional groups attached to an aromatic ring is 1. The van der Waals surface area contributed by atoms with Gasteiger partial charge in [-0.3, -0.25) is 0 Å². The minimum absolute atomic E-state index is 0.126. The van der Waals surface area contributed by atoms with Gasteiger partial charge in [-0.15, -0.1) is 0 Å². The van der Waals surface area contributed by atoms with Crippen molar-refractivity contribution in [2.75, 3.05) is 5.73 Å². The van der Waals surface area contributed by atoms with Gasteiger partial charge >= 0.3 is 0 Å². The van der Waals surface area contributed by atoms with E-state index in [1.165, 1.54) is 0 Å². The van der Waals surface area contributed by atoms with Gasteiger partial charge in [0.25, 0.3) is 0 Å². The summed E-state index contributed by atoms with van der Waals surface area (Å²) >= 11 is 0. The Labute approximate surface area is 123 Å². The molecule has 6 heteroatoms. The average molecular weight is 301 g/mol. The summed E-state index contributed by atoms with van der Waals surface area (Å²) < 4.78 is 26.8. The van der Waals surface area contributed by atoms with Crippen molar-refractivity contribution in [1.82, 2.24) is 9.38 Å². The summed E-state index contributed by atoms with van der Waals surface area (Å²) in [6.45, 7) is 1.74. The van der Waals surface area contributed by atoms with Crippen molar-refractivity contribution < 1.29 is 8.42 Å². The largest absolute Gasteiger partial charge is 0.399 e. The standard InChI is InChI=1S/C15H15N3O2S/c1-11-8-12(16)5-6-14(11)21(19,20)10-13-9-18-7-3-2-4-15(18)17-13/h2-9H,10,16H2,1H3. The highest BCUT2D eigenvalue weighted by Crippen LogP contribution is 2.22. The number of hydrogen-bond acceptors (Lipinski definition) is 4. The number of aryl methyl sites for hydroxylation is 1. The molecule has 0 atom stereocenters. The van der Waals surface area contributed by atoms with E-state index in [9.17, 15) is 8.42 Å². The van der Waals surface area contributed by atoms with Crippen LogP contribution >= 0.6 is 0 Å². The van der Waals surface area contributed by atoms with E-state index in [0.717, 1.165) is 5.65 Å². The van der Waals surface area contributed by atoms with Gasteiger partial charge in [-0.2, -0.15) is 0 Å². The van der Waals surface area contributed by atoms with Gasteiger partial charge in [0.1, 0.15) is 5.65 Å². The second-order valence-corrected chi connectivity index (χ2v) is 6.94. The van der Waals surface area contributed by atoms with Gasteiger partial charge in [-0.25, -0.2) is 13.4 Å². The quantitative estimate of drug-likeness (QED) is 0.752. The zero-order valence-corrected chi connectivity index (χ0v) is 12.3. The molecule has 0 fully saturated rings. The monoisotopic (exact) mass is 301 g/mol. The van der Waals surface area contributed by atoms with Crippen molar-refractivity contribution in [3.05, 3.63) is 60.0 Å². The first-order valence-corrected chi connectivity index (χ1v) is 8.12. The van der Waals surface area contributed by atoms with Crippen LogP contribution in [0, 0.1) is 6.92 Å². The minimum Gasteiger partial charge on any atom is -0.399 e. The molecule has 0 unspecified atom stereocenters. The number of pyridine rings is 1. The summed E-state index contributed by atoms with van der Waals surface area (Å²) in [4.78, 5) is 4.63. The molecule has 0 radical (unpaired) electrons. The molecule has 1 aromatic carbocycles. The summed E-state index contributed by atoms with van der Waals surface area (Å²) in [5.74, 6) is -0.126. The maximum absolute atomic E-state index is 12.5. The second kappa shape index (κ2) is 4.89. The molecule has 2 heterocycles. The molecule has 0 bridgehead atoms. The van der Waals surface area contributed by atoms with Crippen LogP contribution in [0.1, 0.15) is 11.3 Å². The van der Waals surface area contributed by atoms with E-state index in [1.54, 1.807) is 35.7 Å². The van der Waals surface area contributed by atoms with Gasteiger partial charge in [0.2, 0.25) is 0 Å². The molecule has 21 heavy (non-hydrogen) atoms. The third kappa shape index (κ3) is 2.62. The number of rotatable bonds is 3. The van der Waals surface area contributed by atoms with Crippen molar-refractivity contribution in [3.8, 4) is 0 Å². The van der Waals surface area contributed by atoms with Gasteiger partial charge < -0.3 is 10.1 Å². The van der Waals surface area contributed by atoms with Crippen molar-refractivity contribution in [2.45, 2.75) is 17.6 Å². The van der Waals surface area contributed by atoms with Crippen LogP contribution in [0.25, 0.3) is 5.65 Å². The van der Waals surface area contributed by atoms with Crippen molar-refractivity contribution in [2.24, 2.45) is 0 Å². The fourth-order valence-electron chi connectivity index (χ4n) is 2.35. The van der Waals surface area contributed by atoms with E-state index in [0.29, 0.717) is 21.8 Å². The molecule has 2 aromatic heterocycles. The number of aromatic nitrogens is 2. The zero-order valence-electron chi connectivity index (χ0n) is 11.5. The number of imidazole rings is 1. The molecule has 2 N–H and O–H groups in total. The van der Waals surface area contributed by atoms with E-state index in [2.05, 4.69) is 4.98 Å². The van der Waals surface area contributed by atoms with Crippen molar-refractivity contribution in [1.29, 1.82) is 0 Å². The first kappa shape index (κ1) is 13.6. The number of hydrogen-bond donors (Lipinski definition) is 1. The molecule has 0 saturated carbocycles. The van der Waals surface area contributed by atoms with E-state index in [4.69, 9.17) is 5.73 Å². The molecular formula is C15H15N3O2S. The van der Waals surface area contributed by atoms with Gasteiger partial charge in [-0.1, -0.05) is 6.07 Å². The minimum atomic E-state index is -3.44. The van der Waals surface area contributed by atoms with Crippen molar-refractivity contribution >= 4 is 21.2 Å². The molecular weight excluding hydrogens is 286 g/mol. The fourth-order valence-corrected chi connectivity index (χ4v) is 3.86. The average Bonchev–Trinajstić information content (AvgIpc) is 2.79. The number of nitrogens with zero attached hydrogens (tertiary/aromatic N) is 2. The lowest BCUT2D eigenvalue weighted by Gasteiger charge is -2.07. The van der Waals surface area contributed by atoms with Crippen LogP contribution in [-0.2, 0) is 15.6 Å². The molecule has 0 spiro atoms. The van der Waals surface area contributed by atoms with Gasteiger partial charge in [0.15, 0.2) is 9.84 Å². The molecule has 0 aliphatic heterocycles. The predicted octanol–water partition coefficient (Wildman–Crippen LogP) is 2.20. The topological polar surface area (TPSA) is 77.5 Å². The molecule has 0 aliphatic carbocycles. The van der Waals surface area contributed by atoms with Crippen LogP contribution in [0.15, 0.2) is 53.7 Å². The smallest absolute Gasteiger partial charge is 0.184 e. The van der Waals surface area contributed by atoms with E-state index in [-0.39, 0.29) is 5.75 Å². The number of benzene rings is 1. The second-order valence-electron chi connectivity index (χ2n) is 4.98. The third-order valence-electron chi connectivity index (χ3n) is 3.29. The normalized spacial score (nSPS) is 11.9. The van der Waals surface area contributed by atoms with E-state index >= 15 is 0 Å². The number of anilines is 1. The summed E-state index contributed by atoms with van der Waals surface area (Å²) in [5.41, 5.74) is 8.13. The molecule has 5 nitrogen and oxygen atoms in total. The number of fused-ring (bicyclic) bond motifs is 1. The molecule has 108 valence electrons. The Hall–Kier alpha value is -2.34. The number of nitrogens with two attached hydrogens (primary N) is 1. The lowest BCUT2D eigenvalue weighted by Crippen LogP contribution is -2.07. The maximum atomic E-state index is 12.5. The van der Waals surface area contributed by atoms with E-state index < -0.39 is 9.84 Å². The maximum Gasteiger partial charge on any atom is 0.184 e. The Balaban J connectivity index is 1.99. The molecule has 0 aliphatic rings. The summed E-state index contributed by atoms with van der Waals surface area (Å²) in [6, 6.07) is 10.4. The Morgan fingerprint density at radius 3 is 2.76 bits per heavy atom. The van der Waals surface area contributed by atoms with Gasteiger partial charge in [0.05, 0.1) is 16.3 Å². The van der Waals surface area contributed by atoms with Crippen LogP contribution in [0.2, 0.25) is 0 Å². The first-order valence-electron chi connectivity index (χ1n) is 6.47. The van der Waals surface area contributed by atoms with Crippen LogP contribution < -0.4 is 5.73 Å². The summed E-state index contributed by atoms with van der Waals surface area (Å²) in [6.07, 6.45) is 3.58. The van der Waals surface area contributed by atoms with Crippen LogP contribution in [-0.4, -0.2) is 17.8 Å². The third-order valence-corrected chi connectivity index (χ3v) is 5.09. The Bertz CT molecular complexity index is 881. The first-order chi connectivity index (χ1) is 9.95. The Morgan fingerprint density at radius 1 is 1.24 bits per heavy atom.